The van der Waals surface area contributed by atoms with Gasteiger partial charge in [0.1, 0.15) is 0 Å². The number of carboxylic acids is 1. The molecule has 2 rings (SSSR count). The van der Waals surface area contributed by atoms with Gasteiger partial charge in [-0.05, 0) is 30.9 Å². The molecule has 0 aromatic heterocycles. The second-order valence-electron chi connectivity index (χ2n) is 5.27. The number of carbonyl (C=O) groups is 1. The summed E-state index contributed by atoms with van der Waals surface area (Å²) >= 11 is 0. The summed E-state index contributed by atoms with van der Waals surface area (Å²) in [5.74, 6) is -0.547. The van der Waals surface area contributed by atoms with Gasteiger partial charge in [0.15, 0.2) is 0 Å². The number of carboxylic acid groups (broad SMARTS) is 1. The van der Waals surface area contributed by atoms with Gasteiger partial charge < -0.3 is 10.0 Å². The molecule has 1 aromatic rings. The lowest BCUT2D eigenvalue weighted by molar-refractivity contribution is -0.142. The van der Waals surface area contributed by atoms with Crippen LogP contribution in [0.15, 0.2) is 30.3 Å². The smallest absolute Gasteiger partial charge is 0.308 e. The third kappa shape index (κ3) is 3.33. The molecule has 1 aliphatic heterocycles. The Morgan fingerprint density at radius 2 is 2.06 bits per heavy atom. The van der Waals surface area contributed by atoms with Crippen LogP contribution in [0.25, 0.3) is 0 Å². The fraction of sp³-hybridized carbons (Fsp3) is 0.533. The maximum absolute atomic E-state index is 11.0. The molecule has 0 spiro atoms. The van der Waals surface area contributed by atoms with E-state index in [0.29, 0.717) is 6.54 Å². The second kappa shape index (κ2) is 6.01. The molecule has 1 aliphatic rings. The molecule has 0 amide bonds. The number of aliphatic carboxylic acids is 1. The van der Waals surface area contributed by atoms with Crippen molar-refractivity contribution in [3.63, 3.8) is 0 Å². The fourth-order valence-corrected chi connectivity index (χ4v) is 2.72. The van der Waals surface area contributed by atoms with Crippen LogP contribution in [0.1, 0.15) is 18.9 Å². The van der Waals surface area contributed by atoms with E-state index in [2.05, 4.69) is 29.2 Å². The maximum atomic E-state index is 11.0. The molecule has 0 saturated carbocycles. The van der Waals surface area contributed by atoms with E-state index in [0.717, 1.165) is 25.9 Å². The Bertz CT molecular complexity index is 391. The van der Waals surface area contributed by atoms with Gasteiger partial charge >= 0.3 is 5.97 Å². The van der Waals surface area contributed by atoms with Crippen LogP contribution in [-0.4, -0.2) is 35.6 Å². The molecule has 2 unspecified atom stereocenters. The molecule has 1 fully saturated rings. The summed E-state index contributed by atoms with van der Waals surface area (Å²) in [6, 6.07) is 10.4. The molecule has 1 N–H and O–H groups in total. The lowest BCUT2D eigenvalue weighted by Gasteiger charge is -2.14. The number of hydrogen-bond acceptors (Lipinski definition) is 2. The highest BCUT2D eigenvalue weighted by Crippen LogP contribution is 2.23. The highest BCUT2D eigenvalue weighted by molar-refractivity contribution is 5.71. The highest BCUT2D eigenvalue weighted by atomic mass is 16.4. The summed E-state index contributed by atoms with van der Waals surface area (Å²) in [4.78, 5) is 13.3. The number of nitrogens with zero attached hydrogens (tertiary/aromatic N) is 1. The molecule has 0 radical (unpaired) electrons. The van der Waals surface area contributed by atoms with Gasteiger partial charge in [-0.3, -0.25) is 4.79 Å². The zero-order valence-corrected chi connectivity index (χ0v) is 10.9. The Balaban J connectivity index is 1.74. The molecular weight excluding hydrogens is 226 g/mol. The van der Waals surface area contributed by atoms with Gasteiger partial charge in [0.2, 0.25) is 0 Å². The van der Waals surface area contributed by atoms with Crippen LogP contribution < -0.4 is 0 Å². The first-order valence-corrected chi connectivity index (χ1v) is 6.66. The van der Waals surface area contributed by atoms with Crippen molar-refractivity contribution in [1.29, 1.82) is 0 Å². The van der Waals surface area contributed by atoms with Gasteiger partial charge in [-0.25, -0.2) is 0 Å². The first-order chi connectivity index (χ1) is 8.66. The Morgan fingerprint density at radius 1 is 1.33 bits per heavy atom. The van der Waals surface area contributed by atoms with Crippen LogP contribution in [0.5, 0.6) is 0 Å². The van der Waals surface area contributed by atoms with E-state index >= 15 is 0 Å². The van der Waals surface area contributed by atoms with Crippen molar-refractivity contribution in [2.24, 2.45) is 11.8 Å². The van der Waals surface area contributed by atoms with Crippen molar-refractivity contribution in [3.05, 3.63) is 35.9 Å². The van der Waals surface area contributed by atoms with E-state index in [4.69, 9.17) is 5.11 Å². The third-order valence-electron chi connectivity index (χ3n) is 3.79. The molecule has 1 aromatic carbocycles. The number of benzene rings is 1. The van der Waals surface area contributed by atoms with Crippen LogP contribution in [0.3, 0.4) is 0 Å². The topological polar surface area (TPSA) is 40.5 Å². The van der Waals surface area contributed by atoms with Gasteiger partial charge in [-0.15, -0.1) is 0 Å². The summed E-state index contributed by atoms with van der Waals surface area (Å²) in [5.41, 5.74) is 1.36. The SMILES string of the molecule is CC1CN(CCCc2ccccc2)CC1C(=O)O. The van der Waals surface area contributed by atoms with Crippen LogP contribution in [0.2, 0.25) is 0 Å². The Kier molecular flexibility index (Phi) is 4.37. The first kappa shape index (κ1) is 13.1. The number of hydrogen-bond donors (Lipinski definition) is 1. The quantitative estimate of drug-likeness (QED) is 0.867. The van der Waals surface area contributed by atoms with Crippen LogP contribution in [-0.2, 0) is 11.2 Å². The van der Waals surface area contributed by atoms with Gasteiger partial charge in [0.25, 0.3) is 0 Å². The van der Waals surface area contributed by atoms with Crippen LogP contribution in [0, 0.1) is 11.8 Å². The predicted octanol–water partition coefficient (Wildman–Crippen LogP) is 2.27. The Labute approximate surface area is 108 Å². The molecule has 98 valence electrons. The minimum Gasteiger partial charge on any atom is -0.481 e. The minimum absolute atomic E-state index is 0.179. The zero-order valence-electron chi connectivity index (χ0n) is 10.9. The van der Waals surface area contributed by atoms with E-state index in [1.165, 1.54) is 5.56 Å². The lowest BCUT2D eigenvalue weighted by atomic mass is 9.99. The molecule has 3 heteroatoms. The monoisotopic (exact) mass is 247 g/mol. The van der Waals surface area contributed by atoms with Gasteiger partial charge in [-0.2, -0.15) is 0 Å². The number of rotatable bonds is 5. The largest absolute Gasteiger partial charge is 0.481 e. The van der Waals surface area contributed by atoms with E-state index < -0.39 is 5.97 Å². The molecule has 0 bridgehead atoms. The normalized spacial score (nSPS) is 24.3. The second-order valence-corrected chi connectivity index (χ2v) is 5.27. The van der Waals surface area contributed by atoms with E-state index in [1.807, 2.05) is 13.0 Å². The van der Waals surface area contributed by atoms with Crippen molar-refractivity contribution >= 4 is 5.97 Å². The van der Waals surface area contributed by atoms with E-state index in [9.17, 15) is 4.79 Å². The van der Waals surface area contributed by atoms with E-state index in [1.54, 1.807) is 0 Å². The third-order valence-corrected chi connectivity index (χ3v) is 3.79. The molecule has 1 heterocycles. The molecular formula is C15H21NO2. The number of aryl methyl sites for hydroxylation is 1. The van der Waals surface area contributed by atoms with Crippen molar-refractivity contribution < 1.29 is 9.90 Å². The summed E-state index contributed by atoms with van der Waals surface area (Å²) in [5, 5.41) is 9.08. The van der Waals surface area contributed by atoms with E-state index in [-0.39, 0.29) is 11.8 Å². The summed E-state index contributed by atoms with van der Waals surface area (Å²) in [7, 11) is 0. The fourth-order valence-electron chi connectivity index (χ4n) is 2.72. The highest BCUT2D eigenvalue weighted by Gasteiger charge is 2.34. The van der Waals surface area contributed by atoms with Crippen LogP contribution in [0.4, 0.5) is 0 Å². The maximum Gasteiger partial charge on any atom is 0.308 e. The average molecular weight is 247 g/mol. The van der Waals surface area contributed by atoms with Crippen LogP contribution >= 0.6 is 0 Å². The van der Waals surface area contributed by atoms with Crippen molar-refractivity contribution in [3.8, 4) is 0 Å². The molecule has 2 atom stereocenters. The summed E-state index contributed by atoms with van der Waals surface area (Å²) in [6.45, 7) is 4.68. The zero-order chi connectivity index (χ0) is 13.0. The first-order valence-electron chi connectivity index (χ1n) is 6.66. The molecule has 3 nitrogen and oxygen atoms in total. The number of likely N-dealkylation sites (tertiary alicyclic amines) is 1. The van der Waals surface area contributed by atoms with Gasteiger partial charge in [-0.1, -0.05) is 37.3 Å². The minimum atomic E-state index is -0.645. The van der Waals surface area contributed by atoms with Crippen molar-refractivity contribution in [2.45, 2.75) is 19.8 Å². The van der Waals surface area contributed by atoms with Crippen molar-refractivity contribution in [1.82, 2.24) is 4.90 Å². The Hall–Kier alpha value is -1.35. The average Bonchev–Trinajstić information content (AvgIpc) is 2.72. The molecule has 18 heavy (non-hydrogen) atoms. The standard InChI is InChI=1S/C15H21NO2/c1-12-10-16(11-14(12)15(17)18)9-5-8-13-6-3-2-4-7-13/h2-4,6-7,12,14H,5,8-11H2,1H3,(H,17,18). The summed E-state index contributed by atoms with van der Waals surface area (Å²) in [6.07, 6.45) is 2.17. The predicted molar refractivity (Wildman–Crippen MR) is 71.5 cm³/mol. The summed E-state index contributed by atoms with van der Waals surface area (Å²) < 4.78 is 0. The van der Waals surface area contributed by atoms with Gasteiger partial charge in [0.05, 0.1) is 5.92 Å². The lowest BCUT2D eigenvalue weighted by Crippen LogP contribution is -2.24. The molecule has 0 aliphatic carbocycles. The van der Waals surface area contributed by atoms with Crippen molar-refractivity contribution in [2.75, 3.05) is 19.6 Å². The van der Waals surface area contributed by atoms with Gasteiger partial charge in [0, 0.05) is 13.1 Å². The molecule has 1 saturated heterocycles. The Morgan fingerprint density at radius 3 is 2.67 bits per heavy atom.